The molecule has 1 fully saturated rings. The molecule has 2 heterocycles. The van der Waals surface area contributed by atoms with Gasteiger partial charge in [-0.15, -0.1) is 0 Å². The van der Waals surface area contributed by atoms with Crippen LogP contribution in [-0.2, 0) is 6.18 Å². The zero-order valence-electron chi connectivity index (χ0n) is 12.8. The molecule has 0 spiro atoms. The second kappa shape index (κ2) is 5.35. The molecular formula is C14H21F3N4. The third-order valence-electron chi connectivity index (χ3n) is 3.96. The second-order valence-electron chi connectivity index (χ2n) is 6.48. The number of hydrogen-bond acceptors (Lipinski definition) is 4. The van der Waals surface area contributed by atoms with Crippen molar-refractivity contribution in [2.75, 3.05) is 30.4 Å². The van der Waals surface area contributed by atoms with Gasteiger partial charge in [0.05, 0.1) is 0 Å². The Kier molecular flexibility index (Phi) is 4.04. The summed E-state index contributed by atoms with van der Waals surface area (Å²) in [6.45, 7) is 7.91. The molecule has 0 aromatic carbocycles. The van der Waals surface area contributed by atoms with Gasteiger partial charge in [0.2, 0.25) is 5.95 Å². The van der Waals surface area contributed by atoms with E-state index in [1.807, 2.05) is 4.90 Å². The second-order valence-corrected chi connectivity index (χ2v) is 6.48. The summed E-state index contributed by atoms with van der Waals surface area (Å²) in [6, 6.07) is 1.03. The highest BCUT2D eigenvalue weighted by atomic mass is 19.4. The van der Waals surface area contributed by atoms with Crippen LogP contribution < -0.4 is 10.2 Å². The summed E-state index contributed by atoms with van der Waals surface area (Å²) in [5.41, 5.74) is -0.767. The summed E-state index contributed by atoms with van der Waals surface area (Å²) < 4.78 is 38.7. The fourth-order valence-electron chi connectivity index (χ4n) is 2.53. The summed E-state index contributed by atoms with van der Waals surface area (Å²) in [6.07, 6.45) is -3.50. The quantitative estimate of drug-likeness (QED) is 0.909. The van der Waals surface area contributed by atoms with Crippen molar-refractivity contribution in [3.63, 3.8) is 0 Å². The summed E-state index contributed by atoms with van der Waals surface area (Å²) in [4.78, 5) is 9.57. The van der Waals surface area contributed by atoms with Gasteiger partial charge >= 0.3 is 6.18 Å². The van der Waals surface area contributed by atoms with Gasteiger partial charge in [0.25, 0.3) is 0 Å². The Morgan fingerprint density at radius 3 is 2.38 bits per heavy atom. The lowest BCUT2D eigenvalue weighted by Crippen LogP contribution is -2.27. The third kappa shape index (κ3) is 3.57. The van der Waals surface area contributed by atoms with Crippen LogP contribution in [0.4, 0.5) is 24.9 Å². The molecule has 7 heteroatoms. The highest BCUT2D eigenvalue weighted by Gasteiger charge is 2.36. The van der Waals surface area contributed by atoms with Crippen LogP contribution in [0.3, 0.4) is 0 Å². The van der Waals surface area contributed by atoms with E-state index >= 15 is 0 Å². The maximum atomic E-state index is 12.9. The molecule has 1 saturated heterocycles. The van der Waals surface area contributed by atoms with E-state index in [-0.39, 0.29) is 11.4 Å². The van der Waals surface area contributed by atoms with Crippen molar-refractivity contribution in [3.05, 3.63) is 11.8 Å². The predicted molar refractivity (Wildman–Crippen MR) is 76.4 cm³/mol. The lowest BCUT2D eigenvalue weighted by molar-refractivity contribution is -0.141. The summed E-state index contributed by atoms with van der Waals surface area (Å²) in [5.74, 6) is 0.785. The van der Waals surface area contributed by atoms with Crippen molar-refractivity contribution < 1.29 is 13.2 Å². The molecule has 1 unspecified atom stereocenters. The molecule has 21 heavy (non-hydrogen) atoms. The van der Waals surface area contributed by atoms with Crippen LogP contribution in [0.25, 0.3) is 0 Å². The number of hydrogen-bond donors (Lipinski definition) is 1. The molecule has 0 radical (unpaired) electrons. The smallest absolute Gasteiger partial charge is 0.357 e. The van der Waals surface area contributed by atoms with Crippen molar-refractivity contribution in [3.8, 4) is 0 Å². The minimum Gasteiger partial charge on any atom is -0.357 e. The van der Waals surface area contributed by atoms with Crippen LogP contribution in [0.5, 0.6) is 0 Å². The van der Waals surface area contributed by atoms with Crippen LogP contribution in [-0.4, -0.2) is 30.1 Å². The van der Waals surface area contributed by atoms with Crippen LogP contribution in [0.2, 0.25) is 0 Å². The normalized spacial score (nSPS) is 20.0. The Labute approximate surface area is 122 Å². The fraction of sp³-hybridized carbons (Fsp3) is 0.714. The zero-order chi connectivity index (χ0) is 15.8. The van der Waals surface area contributed by atoms with E-state index < -0.39 is 11.9 Å². The number of halogens is 3. The van der Waals surface area contributed by atoms with Crippen molar-refractivity contribution in [1.82, 2.24) is 9.97 Å². The van der Waals surface area contributed by atoms with Crippen molar-refractivity contribution >= 4 is 11.8 Å². The molecule has 1 atom stereocenters. The first-order valence-electron chi connectivity index (χ1n) is 7.00. The van der Waals surface area contributed by atoms with Gasteiger partial charge in [-0.2, -0.15) is 18.2 Å². The summed E-state index contributed by atoms with van der Waals surface area (Å²) in [5, 5.41) is 2.60. The SMILES string of the molecule is CNc1nc(N2CCC(C(C)(C)C)C2)cc(C(F)(F)F)n1. The fourth-order valence-corrected chi connectivity index (χ4v) is 2.53. The first kappa shape index (κ1) is 15.9. The van der Waals surface area contributed by atoms with Crippen LogP contribution in [0.1, 0.15) is 32.9 Å². The van der Waals surface area contributed by atoms with E-state index in [9.17, 15) is 13.2 Å². The number of rotatable bonds is 2. The molecule has 4 nitrogen and oxygen atoms in total. The number of alkyl halides is 3. The van der Waals surface area contributed by atoms with E-state index in [4.69, 9.17) is 0 Å². The van der Waals surface area contributed by atoms with Gasteiger partial charge in [-0.25, -0.2) is 4.98 Å². The number of anilines is 2. The number of aromatic nitrogens is 2. The largest absolute Gasteiger partial charge is 0.433 e. The summed E-state index contributed by atoms with van der Waals surface area (Å²) in [7, 11) is 1.52. The van der Waals surface area contributed by atoms with E-state index in [1.54, 1.807) is 0 Å². The Morgan fingerprint density at radius 2 is 1.90 bits per heavy atom. The summed E-state index contributed by atoms with van der Waals surface area (Å²) >= 11 is 0. The van der Waals surface area contributed by atoms with E-state index in [1.165, 1.54) is 7.05 Å². The van der Waals surface area contributed by atoms with Crippen LogP contribution >= 0.6 is 0 Å². The standard InChI is InChI=1S/C14H21F3N4/c1-13(2,3)9-5-6-21(8-9)11-7-10(14(15,16)17)19-12(18-4)20-11/h7,9H,5-6,8H2,1-4H3,(H,18,19,20). The average molecular weight is 302 g/mol. The Balaban J connectivity index is 2.28. The highest BCUT2D eigenvalue weighted by molar-refractivity contribution is 5.46. The lowest BCUT2D eigenvalue weighted by atomic mass is 9.80. The molecule has 0 saturated carbocycles. The Hall–Kier alpha value is -1.53. The minimum absolute atomic E-state index is 0.000895. The Bertz CT molecular complexity index is 508. The van der Waals surface area contributed by atoms with Gasteiger partial charge in [-0.1, -0.05) is 20.8 Å². The molecule has 1 aliphatic heterocycles. The van der Waals surface area contributed by atoms with E-state index in [0.717, 1.165) is 25.6 Å². The molecule has 0 amide bonds. The maximum Gasteiger partial charge on any atom is 0.433 e. The van der Waals surface area contributed by atoms with Crippen molar-refractivity contribution in [2.24, 2.45) is 11.3 Å². The molecule has 1 aliphatic rings. The van der Waals surface area contributed by atoms with E-state index in [2.05, 4.69) is 36.1 Å². The minimum atomic E-state index is -4.47. The van der Waals surface area contributed by atoms with Crippen LogP contribution in [0.15, 0.2) is 6.07 Å². The van der Waals surface area contributed by atoms with Gasteiger partial charge < -0.3 is 10.2 Å². The van der Waals surface area contributed by atoms with Crippen LogP contribution in [0, 0.1) is 11.3 Å². The van der Waals surface area contributed by atoms with E-state index in [0.29, 0.717) is 11.7 Å². The number of nitrogens with zero attached hydrogens (tertiary/aromatic N) is 3. The molecule has 0 bridgehead atoms. The maximum absolute atomic E-state index is 12.9. The van der Waals surface area contributed by atoms with Gasteiger partial charge in [-0.05, 0) is 17.8 Å². The molecule has 1 aromatic heterocycles. The molecular weight excluding hydrogens is 281 g/mol. The average Bonchev–Trinajstić information content (AvgIpc) is 2.86. The first-order chi connectivity index (χ1) is 9.61. The van der Waals surface area contributed by atoms with Gasteiger partial charge in [-0.3, -0.25) is 0 Å². The molecule has 1 aromatic rings. The zero-order valence-corrected chi connectivity index (χ0v) is 12.8. The lowest BCUT2D eigenvalue weighted by Gasteiger charge is -2.27. The van der Waals surface area contributed by atoms with Crippen molar-refractivity contribution in [1.29, 1.82) is 0 Å². The van der Waals surface area contributed by atoms with Gasteiger partial charge in [0.15, 0.2) is 5.69 Å². The molecule has 0 aliphatic carbocycles. The molecule has 118 valence electrons. The monoisotopic (exact) mass is 302 g/mol. The van der Waals surface area contributed by atoms with Gasteiger partial charge in [0.1, 0.15) is 5.82 Å². The molecule has 1 N–H and O–H groups in total. The Morgan fingerprint density at radius 1 is 1.24 bits per heavy atom. The third-order valence-corrected chi connectivity index (χ3v) is 3.96. The number of nitrogens with one attached hydrogen (secondary N) is 1. The topological polar surface area (TPSA) is 41.1 Å². The highest BCUT2D eigenvalue weighted by Crippen LogP contribution is 2.36. The first-order valence-corrected chi connectivity index (χ1v) is 7.00. The predicted octanol–water partition coefficient (Wildman–Crippen LogP) is 3.41. The van der Waals surface area contributed by atoms with Gasteiger partial charge in [0, 0.05) is 26.2 Å². The van der Waals surface area contributed by atoms with Crippen molar-refractivity contribution in [2.45, 2.75) is 33.4 Å². The molecule has 2 rings (SSSR count).